The quantitative estimate of drug-likeness (QED) is 0.621. The van der Waals surface area contributed by atoms with Crippen LogP contribution in [0.25, 0.3) is 10.1 Å². The molecule has 0 saturated carbocycles. The van der Waals surface area contributed by atoms with E-state index in [1.54, 1.807) is 11.3 Å². The van der Waals surface area contributed by atoms with Gasteiger partial charge in [0.25, 0.3) is 0 Å². The lowest BCUT2D eigenvalue weighted by Gasteiger charge is -2.24. The molecule has 126 valence electrons. The van der Waals surface area contributed by atoms with Gasteiger partial charge in [-0.2, -0.15) is 0 Å². The van der Waals surface area contributed by atoms with E-state index in [4.69, 9.17) is 11.6 Å². The molecule has 0 amide bonds. The highest BCUT2D eigenvalue weighted by Gasteiger charge is 2.26. The minimum absolute atomic E-state index is 0.198. The van der Waals surface area contributed by atoms with Crippen molar-refractivity contribution < 1.29 is 4.21 Å². The molecule has 1 unspecified atom stereocenters. The van der Waals surface area contributed by atoms with Crippen molar-refractivity contribution in [2.75, 3.05) is 0 Å². The Morgan fingerprint density at radius 2 is 1.75 bits per heavy atom. The minimum atomic E-state index is -1.20. The monoisotopic (exact) mass is 377 g/mol. The minimum Gasteiger partial charge on any atom is -0.242 e. The molecule has 0 spiro atoms. The highest BCUT2D eigenvalue weighted by molar-refractivity contribution is 7.84. The van der Waals surface area contributed by atoms with Gasteiger partial charge in [0.15, 0.2) is 0 Å². The molecule has 24 heavy (non-hydrogen) atoms. The first-order chi connectivity index (χ1) is 11.4. The van der Waals surface area contributed by atoms with Crippen molar-refractivity contribution in [2.45, 2.75) is 31.6 Å². The summed E-state index contributed by atoms with van der Waals surface area (Å²) in [6.45, 7) is 5.89. The average molecular weight is 378 g/mol. The third-order valence-corrected chi connectivity index (χ3v) is 6.81. The number of rotatable bonds is 4. The highest BCUT2D eigenvalue weighted by atomic mass is 35.5. The van der Waals surface area contributed by atoms with Gasteiger partial charge in [-0.1, -0.05) is 48.0 Å². The normalized spacial score (nSPS) is 14.7. The molecule has 0 saturated heterocycles. The van der Waals surface area contributed by atoms with E-state index in [2.05, 4.69) is 22.9 Å². The molecule has 5 heteroatoms. The van der Waals surface area contributed by atoms with Crippen molar-refractivity contribution >= 4 is 44.0 Å². The van der Waals surface area contributed by atoms with Crippen molar-refractivity contribution in [1.82, 2.24) is 4.72 Å². The van der Waals surface area contributed by atoms with Crippen molar-refractivity contribution in [1.29, 1.82) is 0 Å². The first kappa shape index (κ1) is 17.6. The van der Waals surface area contributed by atoms with E-state index in [1.807, 2.05) is 57.2 Å². The van der Waals surface area contributed by atoms with Crippen LogP contribution in [-0.2, 0) is 11.0 Å². The second kappa shape index (κ2) is 6.96. The van der Waals surface area contributed by atoms with Gasteiger partial charge in [-0.05, 0) is 49.9 Å². The van der Waals surface area contributed by atoms with Crippen LogP contribution in [0.15, 0.2) is 54.6 Å². The van der Waals surface area contributed by atoms with Gasteiger partial charge in [-0.3, -0.25) is 0 Å². The van der Waals surface area contributed by atoms with Crippen LogP contribution in [0, 0.1) is 0 Å². The summed E-state index contributed by atoms with van der Waals surface area (Å²) in [5.74, 6) is 0. The SMILES string of the molecule is CC(C)(C)S(=O)N[C@@H](c1cc2ccccc2s1)c1ccccc1Cl. The van der Waals surface area contributed by atoms with Crippen LogP contribution >= 0.6 is 22.9 Å². The number of fused-ring (bicyclic) bond motifs is 1. The van der Waals surface area contributed by atoms with Crippen LogP contribution in [0.2, 0.25) is 5.02 Å². The Labute approximate surface area is 154 Å². The lowest BCUT2D eigenvalue weighted by molar-refractivity contribution is 0.625. The molecule has 1 N–H and O–H groups in total. The molecule has 0 radical (unpaired) electrons. The Bertz CT molecular complexity index is 849. The summed E-state index contributed by atoms with van der Waals surface area (Å²) in [7, 11) is -1.20. The third kappa shape index (κ3) is 3.72. The Balaban J connectivity index is 2.07. The molecule has 2 aromatic carbocycles. The maximum Gasteiger partial charge on any atom is 0.0979 e. The number of hydrogen-bond donors (Lipinski definition) is 1. The zero-order valence-corrected chi connectivity index (χ0v) is 16.3. The van der Waals surface area contributed by atoms with Crippen LogP contribution in [0.1, 0.15) is 37.3 Å². The van der Waals surface area contributed by atoms with Gasteiger partial charge < -0.3 is 0 Å². The Morgan fingerprint density at radius 1 is 1.08 bits per heavy atom. The second-order valence-electron chi connectivity index (χ2n) is 6.64. The highest BCUT2D eigenvalue weighted by Crippen LogP contribution is 2.36. The zero-order valence-electron chi connectivity index (χ0n) is 13.9. The van der Waals surface area contributed by atoms with Crippen molar-refractivity contribution in [3.05, 3.63) is 70.1 Å². The molecule has 2 atom stereocenters. The van der Waals surface area contributed by atoms with Gasteiger partial charge in [0.2, 0.25) is 0 Å². The topological polar surface area (TPSA) is 29.1 Å². The van der Waals surface area contributed by atoms with Crippen molar-refractivity contribution in [3.8, 4) is 0 Å². The molecule has 0 aliphatic heterocycles. The molecule has 0 aliphatic rings. The average Bonchev–Trinajstić information content (AvgIpc) is 2.96. The molecule has 0 aliphatic carbocycles. The van der Waals surface area contributed by atoms with E-state index in [1.165, 1.54) is 10.1 Å². The number of halogens is 1. The van der Waals surface area contributed by atoms with Gasteiger partial charge in [0.05, 0.1) is 21.8 Å². The first-order valence-corrected chi connectivity index (χ1v) is 10.1. The number of nitrogens with one attached hydrogen (secondary N) is 1. The summed E-state index contributed by atoms with van der Waals surface area (Å²) in [6, 6.07) is 18.0. The molecular formula is C19H20ClNOS2. The maximum absolute atomic E-state index is 12.7. The lowest BCUT2D eigenvalue weighted by atomic mass is 10.1. The van der Waals surface area contributed by atoms with E-state index >= 15 is 0 Å². The zero-order chi connectivity index (χ0) is 17.3. The van der Waals surface area contributed by atoms with Gasteiger partial charge in [-0.25, -0.2) is 8.93 Å². The van der Waals surface area contributed by atoms with Crippen molar-refractivity contribution in [2.24, 2.45) is 0 Å². The largest absolute Gasteiger partial charge is 0.242 e. The molecule has 2 nitrogen and oxygen atoms in total. The molecule has 1 heterocycles. The Hall–Kier alpha value is -1.20. The van der Waals surface area contributed by atoms with E-state index in [-0.39, 0.29) is 10.8 Å². The second-order valence-corrected chi connectivity index (χ2v) is 10.2. The summed E-state index contributed by atoms with van der Waals surface area (Å²) in [5.41, 5.74) is 0.948. The summed E-state index contributed by atoms with van der Waals surface area (Å²) in [6.07, 6.45) is 0. The van der Waals surface area contributed by atoms with Crippen molar-refractivity contribution in [3.63, 3.8) is 0 Å². The number of hydrogen-bond acceptors (Lipinski definition) is 2. The molecule has 0 fully saturated rings. The number of benzene rings is 2. The van der Waals surface area contributed by atoms with Crippen LogP contribution in [0.3, 0.4) is 0 Å². The Kier molecular flexibility index (Phi) is 5.11. The maximum atomic E-state index is 12.7. The third-order valence-electron chi connectivity index (χ3n) is 3.73. The molecule has 3 rings (SSSR count). The van der Waals surface area contributed by atoms with Crippen LogP contribution in [0.5, 0.6) is 0 Å². The standard InChI is InChI=1S/C19H20ClNOS2/c1-19(2,3)24(22)21-18(14-9-5-6-10-15(14)20)17-12-13-8-4-7-11-16(13)23-17/h4-12,18,21H,1-3H3/t18-,24?/m1/s1. The smallest absolute Gasteiger partial charge is 0.0979 e. The molecule has 3 aromatic rings. The molecule has 0 bridgehead atoms. The van der Waals surface area contributed by atoms with Gasteiger partial charge in [0, 0.05) is 14.6 Å². The predicted octanol–water partition coefficient (Wildman–Crippen LogP) is 5.70. The van der Waals surface area contributed by atoms with Crippen LogP contribution in [-0.4, -0.2) is 8.96 Å². The fourth-order valence-electron chi connectivity index (χ4n) is 2.41. The Morgan fingerprint density at radius 3 is 2.42 bits per heavy atom. The molecular weight excluding hydrogens is 358 g/mol. The fraction of sp³-hybridized carbons (Fsp3) is 0.263. The summed E-state index contributed by atoms with van der Waals surface area (Å²) >= 11 is 8.14. The van der Waals surface area contributed by atoms with E-state index in [9.17, 15) is 4.21 Å². The van der Waals surface area contributed by atoms with Gasteiger partial charge in [0.1, 0.15) is 0 Å². The van der Waals surface area contributed by atoms with Gasteiger partial charge in [-0.15, -0.1) is 11.3 Å². The summed E-state index contributed by atoms with van der Waals surface area (Å²) in [5, 5.41) is 1.87. The fourth-order valence-corrected chi connectivity index (χ4v) is 4.69. The van der Waals surface area contributed by atoms with Gasteiger partial charge >= 0.3 is 0 Å². The summed E-state index contributed by atoms with van der Waals surface area (Å²) in [4.78, 5) is 1.11. The van der Waals surface area contributed by atoms with E-state index in [0.717, 1.165) is 10.4 Å². The van der Waals surface area contributed by atoms with E-state index < -0.39 is 11.0 Å². The number of thiophene rings is 1. The van der Waals surface area contributed by atoms with Crippen LogP contribution in [0.4, 0.5) is 0 Å². The lowest BCUT2D eigenvalue weighted by Crippen LogP contribution is -2.36. The van der Waals surface area contributed by atoms with E-state index in [0.29, 0.717) is 5.02 Å². The first-order valence-electron chi connectivity index (χ1n) is 7.77. The summed E-state index contributed by atoms with van der Waals surface area (Å²) < 4.78 is 16.9. The van der Waals surface area contributed by atoms with Crippen LogP contribution < -0.4 is 4.72 Å². The predicted molar refractivity (Wildman–Crippen MR) is 106 cm³/mol. The molecule has 1 aromatic heterocycles.